The first-order valence-electron chi connectivity index (χ1n) is 5.91. The van der Waals surface area contributed by atoms with Crippen molar-refractivity contribution in [1.29, 1.82) is 5.26 Å². The molecule has 3 nitrogen and oxygen atoms in total. The number of thioether (sulfide) groups is 1. The van der Waals surface area contributed by atoms with Crippen LogP contribution in [0.4, 0.5) is 5.69 Å². The third-order valence-corrected chi connectivity index (χ3v) is 4.06. The van der Waals surface area contributed by atoms with E-state index in [1.807, 2.05) is 24.5 Å². The molecule has 0 radical (unpaired) electrons. The lowest BCUT2D eigenvalue weighted by Gasteiger charge is -2.33. The van der Waals surface area contributed by atoms with E-state index >= 15 is 0 Å². The average molecular weight is 263 g/mol. The molecular formula is C14H21N3S. The van der Waals surface area contributed by atoms with Crippen LogP contribution in [0, 0.1) is 11.3 Å². The summed E-state index contributed by atoms with van der Waals surface area (Å²) in [6, 6.07) is 8.21. The van der Waals surface area contributed by atoms with Crippen molar-refractivity contribution in [3.8, 4) is 6.07 Å². The minimum Gasteiger partial charge on any atom is -0.382 e. The van der Waals surface area contributed by atoms with E-state index < -0.39 is 0 Å². The number of nitrogens with one attached hydrogen (secondary N) is 1. The molecule has 0 aliphatic heterocycles. The van der Waals surface area contributed by atoms with E-state index in [9.17, 15) is 5.26 Å². The minimum absolute atomic E-state index is 0.0437. The van der Waals surface area contributed by atoms with E-state index in [1.54, 1.807) is 11.8 Å². The highest BCUT2D eigenvalue weighted by molar-refractivity contribution is 7.98. The number of likely N-dealkylation sites (N-methyl/N-ethyl adjacent to an activating group) is 1. The van der Waals surface area contributed by atoms with E-state index in [4.69, 9.17) is 0 Å². The molecule has 98 valence electrons. The Bertz CT molecular complexity index is 447. The summed E-state index contributed by atoms with van der Waals surface area (Å²) >= 11 is 1.60. The van der Waals surface area contributed by atoms with Crippen LogP contribution in [0.15, 0.2) is 23.1 Å². The molecule has 18 heavy (non-hydrogen) atoms. The summed E-state index contributed by atoms with van der Waals surface area (Å²) in [6.07, 6.45) is 1.99. The summed E-state index contributed by atoms with van der Waals surface area (Å²) in [5.41, 5.74) is 1.70. The second kappa shape index (κ2) is 6.12. The molecule has 1 aromatic carbocycles. The molecule has 0 saturated heterocycles. The highest BCUT2D eigenvalue weighted by Gasteiger charge is 2.20. The van der Waals surface area contributed by atoms with Gasteiger partial charge in [-0.25, -0.2) is 0 Å². The fourth-order valence-electron chi connectivity index (χ4n) is 1.43. The van der Waals surface area contributed by atoms with Gasteiger partial charge in [0.2, 0.25) is 0 Å². The Labute approximate surface area is 114 Å². The summed E-state index contributed by atoms with van der Waals surface area (Å²) in [4.78, 5) is 3.19. The van der Waals surface area contributed by atoms with Crippen molar-refractivity contribution in [1.82, 2.24) is 4.90 Å². The summed E-state index contributed by atoms with van der Waals surface area (Å²) in [5.74, 6) is 0. The Morgan fingerprint density at radius 3 is 2.56 bits per heavy atom. The smallest absolute Gasteiger partial charge is 0.102 e. The van der Waals surface area contributed by atoms with Crippen LogP contribution in [-0.2, 0) is 0 Å². The van der Waals surface area contributed by atoms with Crippen LogP contribution >= 0.6 is 11.8 Å². The Kier molecular flexibility index (Phi) is 5.06. The van der Waals surface area contributed by atoms with Crippen molar-refractivity contribution in [2.24, 2.45) is 0 Å². The third kappa shape index (κ3) is 3.41. The Morgan fingerprint density at radius 1 is 1.39 bits per heavy atom. The maximum atomic E-state index is 9.26. The van der Waals surface area contributed by atoms with Gasteiger partial charge in [-0.1, -0.05) is 6.07 Å². The Morgan fingerprint density at radius 2 is 2.06 bits per heavy atom. The van der Waals surface area contributed by atoms with Crippen molar-refractivity contribution in [3.05, 3.63) is 23.8 Å². The van der Waals surface area contributed by atoms with Crippen LogP contribution in [0.3, 0.4) is 0 Å². The van der Waals surface area contributed by atoms with Crippen LogP contribution < -0.4 is 5.32 Å². The summed E-state index contributed by atoms with van der Waals surface area (Å²) in [7, 11) is 4.12. The minimum atomic E-state index is 0.0437. The molecule has 0 unspecified atom stereocenters. The fourth-order valence-corrected chi connectivity index (χ4v) is 2.01. The molecule has 0 aromatic heterocycles. The van der Waals surface area contributed by atoms with Gasteiger partial charge in [-0.3, -0.25) is 0 Å². The van der Waals surface area contributed by atoms with Gasteiger partial charge in [0.25, 0.3) is 0 Å². The number of rotatable bonds is 5. The van der Waals surface area contributed by atoms with E-state index in [0.717, 1.165) is 22.7 Å². The van der Waals surface area contributed by atoms with Gasteiger partial charge in [0.1, 0.15) is 6.07 Å². The zero-order chi connectivity index (χ0) is 13.8. The van der Waals surface area contributed by atoms with Gasteiger partial charge in [0, 0.05) is 17.0 Å². The number of nitrogens with zero attached hydrogens (tertiary/aromatic N) is 2. The molecule has 1 rings (SSSR count). The first-order chi connectivity index (χ1) is 8.42. The number of hydrogen-bond acceptors (Lipinski definition) is 4. The van der Waals surface area contributed by atoms with Gasteiger partial charge < -0.3 is 10.2 Å². The number of anilines is 1. The molecule has 0 spiro atoms. The van der Waals surface area contributed by atoms with Gasteiger partial charge in [-0.05, 0) is 46.3 Å². The molecule has 0 fully saturated rings. The monoisotopic (exact) mass is 263 g/mol. The predicted molar refractivity (Wildman–Crippen MR) is 79.2 cm³/mol. The molecule has 0 amide bonds. The van der Waals surface area contributed by atoms with E-state index in [1.165, 1.54) is 0 Å². The van der Waals surface area contributed by atoms with Crippen molar-refractivity contribution in [2.45, 2.75) is 24.3 Å². The quantitative estimate of drug-likeness (QED) is 0.829. The highest BCUT2D eigenvalue weighted by atomic mass is 32.2. The molecule has 0 saturated carbocycles. The van der Waals surface area contributed by atoms with Crippen molar-refractivity contribution in [3.63, 3.8) is 0 Å². The van der Waals surface area contributed by atoms with E-state index in [2.05, 4.69) is 44.2 Å². The van der Waals surface area contributed by atoms with Gasteiger partial charge in [0.05, 0.1) is 11.3 Å². The number of nitriles is 1. The van der Waals surface area contributed by atoms with Crippen LogP contribution in [-0.4, -0.2) is 37.3 Å². The zero-order valence-corrected chi connectivity index (χ0v) is 12.6. The van der Waals surface area contributed by atoms with Gasteiger partial charge in [0.15, 0.2) is 0 Å². The van der Waals surface area contributed by atoms with Crippen LogP contribution in [0.2, 0.25) is 0 Å². The lowest BCUT2D eigenvalue weighted by atomic mass is 10.0. The molecule has 1 N–H and O–H groups in total. The van der Waals surface area contributed by atoms with Crippen LogP contribution in [0.5, 0.6) is 0 Å². The largest absolute Gasteiger partial charge is 0.382 e. The second-order valence-corrected chi connectivity index (χ2v) is 5.90. The maximum absolute atomic E-state index is 9.26. The molecule has 0 heterocycles. The molecule has 0 aliphatic carbocycles. The highest BCUT2D eigenvalue weighted by Crippen LogP contribution is 2.26. The lowest BCUT2D eigenvalue weighted by Crippen LogP contribution is -2.44. The SMILES string of the molecule is CSc1cccc(NCC(C)(C)N(C)C)c1C#N. The molecular weight excluding hydrogens is 242 g/mol. The molecule has 4 heteroatoms. The second-order valence-electron chi connectivity index (χ2n) is 5.06. The molecule has 1 aromatic rings. The Balaban J connectivity index is 2.90. The molecule has 0 atom stereocenters. The summed E-state index contributed by atoms with van der Waals surface area (Å²) in [5, 5.41) is 12.6. The summed E-state index contributed by atoms with van der Waals surface area (Å²) in [6.45, 7) is 5.14. The van der Waals surface area contributed by atoms with Crippen molar-refractivity contribution in [2.75, 3.05) is 32.2 Å². The van der Waals surface area contributed by atoms with Gasteiger partial charge >= 0.3 is 0 Å². The zero-order valence-electron chi connectivity index (χ0n) is 11.7. The molecule has 0 aliphatic rings. The number of hydrogen-bond donors (Lipinski definition) is 1. The topological polar surface area (TPSA) is 39.1 Å². The van der Waals surface area contributed by atoms with E-state index in [-0.39, 0.29) is 5.54 Å². The number of benzene rings is 1. The van der Waals surface area contributed by atoms with Crippen molar-refractivity contribution < 1.29 is 0 Å². The molecule has 0 bridgehead atoms. The van der Waals surface area contributed by atoms with E-state index in [0.29, 0.717) is 0 Å². The average Bonchev–Trinajstić information content (AvgIpc) is 2.35. The first kappa shape index (κ1) is 14.9. The fraction of sp³-hybridized carbons (Fsp3) is 0.500. The van der Waals surface area contributed by atoms with Crippen molar-refractivity contribution >= 4 is 17.4 Å². The van der Waals surface area contributed by atoms with Crippen LogP contribution in [0.1, 0.15) is 19.4 Å². The van der Waals surface area contributed by atoms with Crippen LogP contribution in [0.25, 0.3) is 0 Å². The normalized spacial score (nSPS) is 11.4. The predicted octanol–water partition coefficient (Wildman–Crippen LogP) is 3.03. The lowest BCUT2D eigenvalue weighted by molar-refractivity contribution is 0.210. The Hall–Kier alpha value is -1.18. The van der Waals surface area contributed by atoms with Gasteiger partial charge in [-0.2, -0.15) is 5.26 Å². The standard InChI is InChI=1S/C14H21N3S/c1-14(2,17(3)4)10-16-12-7-6-8-13(18-5)11(12)9-15/h6-8,16H,10H2,1-5H3. The van der Waals surface area contributed by atoms with Gasteiger partial charge in [-0.15, -0.1) is 11.8 Å². The maximum Gasteiger partial charge on any atom is 0.102 e. The first-order valence-corrected chi connectivity index (χ1v) is 7.13. The third-order valence-electron chi connectivity index (χ3n) is 3.28. The summed E-state index contributed by atoms with van der Waals surface area (Å²) < 4.78 is 0.